The molecule has 0 amide bonds. The van der Waals surface area contributed by atoms with E-state index in [1.807, 2.05) is 53.2 Å². The molecule has 0 heterocycles. The number of halogens is 2. The van der Waals surface area contributed by atoms with Crippen LogP contribution >= 0.6 is 35.3 Å². The van der Waals surface area contributed by atoms with Crippen LogP contribution in [0.2, 0.25) is 0 Å². The van der Waals surface area contributed by atoms with E-state index in [4.69, 9.17) is 5.84 Å². The van der Waals surface area contributed by atoms with E-state index in [-0.39, 0.29) is 12.4 Å². The van der Waals surface area contributed by atoms with Gasteiger partial charge >= 0.3 is 0 Å². The molecule has 0 aliphatic heterocycles. The summed E-state index contributed by atoms with van der Waals surface area (Å²) in [6, 6.07) is 9.77. The molecule has 0 aliphatic rings. The summed E-state index contributed by atoms with van der Waals surface area (Å²) in [5, 5.41) is 0. The van der Waals surface area contributed by atoms with E-state index in [0.29, 0.717) is 0 Å². The number of hydrogen-bond acceptors (Lipinski definition) is 2. The van der Waals surface area contributed by atoms with Gasteiger partial charge < -0.3 is 0 Å². The molecule has 0 bridgehead atoms. The minimum atomic E-state index is 0. The minimum absolute atomic E-state index is 0. The lowest BCUT2D eigenvalue weighted by Crippen LogP contribution is -2.16. The van der Waals surface area contributed by atoms with Crippen LogP contribution in [-0.4, -0.2) is 0 Å². The van der Waals surface area contributed by atoms with E-state index in [1.165, 1.54) is 0 Å². The number of benzene rings is 1. The van der Waals surface area contributed by atoms with Crippen LogP contribution in [0.5, 0.6) is 0 Å². The Kier molecular flexibility index (Phi) is 4.76. The van der Waals surface area contributed by atoms with Crippen molar-refractivity contribution in [3.8, 4) is 0 Å². The van der Waals surface area contributed by atoms with Crippen LogP contribution in [0.1, 0.15) is 0 Å². The molecule has 0 aromatic heterocycles. The Bertz CT molecular complexity index is 178. The van der Waals surface area contributed by atoms with Gasteiger partial charge in [-0.1, -0.05) is 18.2 Å². The van der Waals surface area contributed by atoms with Crippen molar-refractivity contribution in [2.75, 3.05) is 3.22 Å². The monoisotopic (exact) mass is 270 g/mol. The Hall–Kier alpha value is -0.000000000000000111. The number of anilines is 1. The molecular weight excluding hydrogens is 262 g/mol. The maximum Gasteiger partial charge on any atom is 0.0765 e. The molecule has 0 aliphatic carbocycles. The second kappa shape index (κ2) is 4.76. The van der Waals surface area contributed by atoms with Gasteiger partial charge in [0.2, 0.25) is 0 Å². The van der Waals surface area contributed by atoms with Crippen molar-refractivity contribution >= 4 is 41.0 Å². The molecule has 2 nitrogen and oxygen atoms in total. The average molecular weight is 271 g/mol. The number of nitrogens with zero attached hydrogens (tertiary/aromatic N) is 1. The highest BCUT2D eigenvalue weighted by Crippen LogP contribution is 2.11. The molecule has 10 heavy (non-hydrogen) atoms. The normalized spacial score (nSPS) is 8.20. The fourth-order valence-electron chi connectivity index (χ4n) is 0.570. The van der Waals surface area contributed by atoms with E-state index in [1.54, 1.807) is 3.22 Å². The summed E-state index contributed by atoms with van der Waals surface area (Å²) >= 11 is 2.02. The van der Waals surface area contributed by atoms with Gasteiger partial charge in [-0.15, -0.1) is 12.4 Å². The zero-order valence-electron chi connectivity index (χ0n) is 5.20. The minimum Gasteiger partial charge on any atom is -0.251 e. The van der Waals surface area contributed by atoms with Crippen molar-refractivity contribution in [3.05, 3.63) is 30.3 Å². The van der Waals surface area contributed by atoms with Crippen molar-refractivity contribution in [1.29, 1.82) is 0 Å². The number of hydrogen-bond donors (Lipinski definition) is 1. The number of nitrogens with two attached hydrogens (primary N) is 1. The van der Waals surface area contributed by atoms with Crippen LogP contribution in [0.15, 0.2) is 30.3 Å². The summed E-state index contributed by atoms with van der Waals surface area (Å²) in [4.78, 5) is 0. The highest BCUT2D eigenvalue weighted by molar-refractivity contribution is 14.1. The molecule has 1 rings (SSSR count). The third kappa shape index (κ3) is 2.72. The molecule has 1 aromatic carbocycles. The van der Waals surface area contributed by atoms with Gasteiger partial charge in [-0.05, 0) is 12.1 Å². The summed E-state index contributed by atoms with van der Waals surface area (Å²) in [5.41, 5.74) is 1.01. The lowest BCUT2D eigenvalue weighted by atomic mass is 10.3. The van der Waals surface area contributed by atoms with Crippen LogP contribution in [0, 0.1) is 0 Å². The maximum atomic E-state index is 5.43. The number of hydrazine groups is 1. The van der Waals surface area contributed by atoms with Gasteiger partial charge in [-0.3, -0.25) is 3.22 Å². The Morgan fingerprint density at radius 3 is 2.00 bits per heavy atom. The molecular formula is C6H8ClIN2. The third-order valence-electron chi connectivity index (χ3n) is 1.00. The highest BCUT2D eigenvalue weighted by Gasteiger charge is 1.90. The van der Waals surface area contributed by atoms with Gasteiger partial charge in [0.05, 0.1) is 28.6 Å². The summed E-state index contributed by atoms with van der Waals surface area (Å²) < 4.78 is 1.55. The topological polar surface area (TPSA) is 29.3 Å². The molecule has 4 heteroatoms. The number of para-hydroxylation sites is 1. The van der Waals surface area contributed by atoms with Crippen LogP contribution in [0.25, 0.3) is 0 Å². The van der Waals surface area contributed by atoms with Gasteiger partial charge in [0.15, 0.2) is 0 Å². The van der Waals surface area contributed by atoms with E-state index < -0.39 is 0 Å². The lowest BCUT2D eigenvalue weighted by molar-refractivity contribution is 1.25. The summed E-state index contributed by atoms with van der Waals surface area (Å²) in [6.07, 6.45) is 0. The molecule has 0 saturated carbocycles. The van der Waals surface area contributed by atoms with Gasteiger partial charge in [0.1, 0.15) is 0 Å². The van der Waals surface area contributed by atoms with E-state index in [9.17, 15) is 0 Å². The van der Waals surface area contributed by atoms with Crippen molar-refractivity contribution in [3.63, 3.8) is 0 Å². The smallest absolute Gasteiger partial charge is 0.0765 e. The standard InChI is InChI=1S/C6H7IN2.ClH/c7-9(8)6-4-2-1-3-5-6;/h1-5H,8H2;1H. The van der Waals surface area contributed by atoms with Gasteiger partial charge in [0.25, 0.3) is 0 Å². The van der Waals surface area contributed by atoms with Crippen LogP contribution in [0.3, 0.4) is 0 Å². The molecule has 0 unspecified atom stereocenters. The van der Waals surface area contributed by atoms with Crippen molar-refractivity contribution in [2.45, 2.75) is 0 Å². The first-order valence-electron chi connectivity index (χ1n) is 2.56. The van der Waals surface area contributed by atoms with Crippen LogP contribution < -0.4 is 9.06 Å². The van der Waals surface area contributed by atoms with Crippen LogP contribution in [0.4, 0.5) is 5.69 Å². The molecule has 0 radical (unpaired) electrons. The Balaban J connectivity index is 0.000000810. The average Bonchev–Trinajstić information content (AvgIpc) is 1.90. The lowest BCUT2D eigenvalue weighted by Gasteiger charge is -2.06. The number of rotatable bonds is 1. The molecule has 56 valence electrons. The summed E-state index contributed by atoms with van der Waals surface area (Å²) in [6.45, 7) is 0. The van der Waals surface area contributed by atoms with Crippen LogP contribution in [-0.2, 0) is 0 Å². The SMILES string of the molecule is Cl.NN(I)c1ccccc1. The van der Waals surface area contributed by atoms with Crippen molar-refractivity contribution < 1.29 is 0 Å². The quantitative estimate of drug-likeness (QED) is 0.367. The predicted molar refractivity (Wildman–Crippen MR) is 54.4 cm³/mol. The molecule has 1 aromatic rings. The Morgan fingerprint density at radius 1 is 1.20 bits per heavy atom. The summed E-state index contributed by atoms with van der Waals surface area (Å²) in [7, 11) is 0. The van der Waals surface area contributed by atoms with Gasteiger partial charge in [-0.25, -0.2) is 5.84 Å². The Labute approximate surface area is 80.3 Å². The largest absolute Gasteiger partial charge is 0.251 e. The fraction of sp³-hybridized carbons (Fsp3) is 0. The molecule has 0 atom stereocenters. The summed E-state index contributed by atoms with van der Waals surface area (Å²) in [5.74, 6) is 5.43. The first kappa shape index (κ1) is 10.0. The molecule has 0 saturated heterocycles. The first-order valence-corrected chi connectivity index (χ1v) is 3.53. The molecule has 0 fully saturated rings. The van der Waals surface area contributed by atoms with E-state index in [2.05, 4.69) is 0 Å². The fourth-order valence-corrected chi connectivity index (χ4v) is 0.892. The van der Waals surface area contributed by atoms with Gasteiger partial charge in [0, 0.05) is 0 Å². The van der Waals surface area contributed by atoms with Crippen molar-refractivity contribution in [2.24, 2.45) is 5.84 Å². The third-order valence-corrected chi connectivity index (χ3v) is 1.56. The zero-order valence-corrected chi connectivity index (χ0v) is 8.17. The molecule has 2 N–H and O–H groups in total. The zero-order chi connectivity index (χ0) is 6.69. The first-order chi connectivity index (χ1) is 4.30. The molecule has 0 spiro atoms. The second-order valence-corrected chi connectivity index (χ2v) is 2.69. The van der Waals surface area contributed by atoms with Crippen molar-refractivity contribution in [1.82, 2.24) is 0 Å². The van der Waals surface area contributed by atoms with E-state index >= 15 is 0 Å². The highest BCUT2D eigenvalue weighted by atomic mass is 127. The predicted octanol–water partition coefficient (Wildman–Crippen LogP) is 2.14. The Morgan fingerprint density at radius 2 is 1.70 bits per heavy atom. The van der Waals surface area contributed by atoms with E-state index in [0.717, 1.165) is 5.69 Å². The second-order valence-electron chi connectivity index (χ2n) is 1.65. The maximum absolute atomic E-state index is 5.43. The van der Waals surface area contributed by atoms with Gasteiger partial charge in [-0.2, -0.15) is 0 Å².